The predicted octanol–water partition coefficient (Wildman–Crippen LogP) is 5.12. The van der Waals surface area contributed by atoms with Crippen molar-refractivity contribution in [1.29, 1.82) is 0 Å². The molecular weight excluding hydrogens is 438 g/mol. The Bertz CT molecular complexity index is 1040. The molecule has 0 saturated carbocycles. The number of halogens is 1. The summed E-state index contributed by atoms with van der Waals surface area (Å²) in [6.07, 6.45) is 0.560. The number of hydrogen-bond acceptors (Lipinski definition) is 5. The number of rotatable bonds is 8. The van der Waals surface area contributed by atoms with Crippen molar-refractivity contribution in [2.24, 2.45) is 0 Å². The fourth-order valence-corrected chi connectivity index (χ4v) is 4.30. The summed E-state index contributed by atoms with van der Waals surface area (Å²) >= 11 is 6.17. The topological polar surface area (TPSA) is 56.8 Å². The molecule has 1 aliphatic rings. The highest BCUT2D eigenvalue weighted by Crippen LogP contribution is 2.38. The van der Waals surface area contributed by atoms with Crippen molar-refractivity contribution >= 4 is 17.6 Å². The van der Waals surface area contributed by atoms with Crippen LogP contribution in [0.15, 0.2) is 78.9 Å². The van der Waals surface area contributed by atoms with Gasteiger partial charge in [0.25, 0.3) is 0 Å². The molecule has 0 radical (unpaired) electrons. The lowest BCUT2D eigenvalue weighted by Crippen LogP contribution is -2.54. The molecule has 33 heavy (non-hydrogen) atoms. The molecule has 0 unspecified atom stereocenters. The molecule has 2 atom stereocenters. The van der Waals surface area contributed by atoms with E-state index >= 15 is 0 Å². The fourth-order valence-electron chi connectivity index (χ4n) is 4.18. The van der Waals surface area contributed by atoms with E-state index in [9.17, 15) is 4.79 Å². The highest BCUT2D eigenvalue weighted by molar-refractivity contribution is 6.30. The van der Waals surface area contributed by atoms with Crippen molar-refractivity contribution in [2.45, 2.75) is 31.3 Å². The highest BCUT2D eigenvalue weighted by Gasteiger charge is 2.44. The Labute approximate surface area is 199 Å². The van der Waals surface area contributed by atoms with Gasteiger partial charge in [0.05, 0.1) is 25.9 Å². The van der Waals surface area contributed by atoms with Crippen LogP contribution in [0.2, 0.25) is 5.02 Å². The van der Waals surface area contributed by atoms with Crippen LogP contribution in [0.1, 0.15) is 33.5 Å². The Balaban J connectivity index is 1.56. The van der Waals surface area contributed by atoms with Gasteiger partial charge in [0, 0.05) is 11.6 Å². The van der Waals surface area contributed by atoms with Gasteiger partial charge in [0.15, 0.2) is 0 Å². The second-order valence-corrected chi connectivity index (χ2v) is 8.55. The second kappa shape index (κ2) is 10.9. The molecule has 0 aliphatic carbocycles. The van der Waals surface area contributed by atoms with Crippen LogP contribution in [0.3, 0.4) is 0 Å². The zero-order valence-corrected chi connectivity index (χ0v) is 19.4. The molecule has 1 heterocycles. The molecule has 3 aromatic carbocycles. The summed E-state index contributed by atoms with van der Waals surface area (Å²) in [6, 6.07) is 25.3. The number of carbonyl (C=O) groups excluding carboxylic acids is 1. The van der Waals surface area contributed by atoms with Crippen molar-refractivity contribution in [2.75, 3.05) is 20.2 Å². The van der Waals surface area contributed by atoms with Gasteiger partial charge in [-0.05, 0) is 53.9 Å². The van der Waals surface area contributed by atoms with Crippen LogP contribution in [0.5, 0.6) is 0 Å². The van der Waals surface area contributed by atoms with Gasteiger partial charge in [0.2, 0.25) is 0 Å². The number of piperidine rings is 1. The maximum absolute atomic E-state index is 11.7. The Morgan fingerprint density at radius 1 is 0.970 bits per heavy atom. The van der Waals surface area contributed by atoms with Crippen molar-refractivity contribution in [3.63, 3.8) is 0 Å². The number of esters is 1. The minimum Gasteiger partial charge on any atom is -0.465 e. The standard InChI is InChI=1S/C27H28ClNO4/c1-31-26(30)22-9-7-21(8-10-22)18-32-25-17-29-16-15-27(25,23-11-13-24(28)14-12-23)33-19-20-5-3-2-4-6-20/h2-14,25,29H,15-19H2,1H3/t25-,27-/m0/s1. The summed E-state index contributed by atoms with van der Waals surface area (Å²) < 4.78 is 17.9. The number of benzene rings is 3. The van der Waals surface area contributed by atoms with Gasteiger partial charge in [-0.2, -0.15) is 0 Å². The van der Waals surface area contributed by atoms with Crippen LogP contribution in [0, 0.1) is 0 Å². The molecule has 1 fully saturated rings. The van der Waals surface area contributed by atoms with Crippen LogP contribution in [-0.2, 0) is 33.0 Å². The van der Waals surface area contributed by atoms with Crippen molar-refractivity contribution in [1.82, 2.24) is 5.32 Å². The molecule has 1 saturated heterocycles. The minimum absolute atomic E-state index is 0.212. The third kappa shape index (κ3) is 5.63. The highest BCUT2D eigenvalue weighted by atomic mass is 35.5. The van der Waals surface area contributed by atoms with Gasteiger partial charge in [-0.1, -0.05) is 66.2 Å². The number of nitrogens with one attached hydrogen (secondary N) is 1. The number of methoxy groups -OCH3 is 1. The lowest BCUT2D eigenvalue weighted by atomic mass is 9.82. The van der Waals surface area contributed by atoms with E-state index in [-0.39, 0.29) is 12.1 Å². The monoisotopic (exact) mass is 465 g/mol. The van der Waals surface area contributed by atoms with Crippen LogP contribution >= 0.6 is 11.6 Å². The van der Waals surface area contributed by atoms with Crippen molar-refractivity contribution in [3.8, 4) is 0 Å². The molecule has 3 aromatic rings. The first-order chi connectivity index (χ1) is 16.1. The Morgan fingerprint density at radius 3 is 2.36 bits per heavy atom. The van der Waals surface area contributed by atoms with E-state index in [4.69, 9.17) is 25.8 Å². The molecule has 0 spiro atoms. The van der Waals surface area contributed by atoms with Gasteiger partial charge >= 0.3 is 5.97 Å². The van der Waals surface area contributed by atoms with Gasteiger partial charge in [-0.3, -0.25) is 0 Å². The summed E-state index contributed by atoms with van der Waals surface area (Å²) in [6.45, 7) is 2.37. The Hall–Kier alpha value is -2.70. The van der Waals surface area contributed by atoms with Gasteiger partial charge in [-0.15, -0.1) is 0 Å². The van der Waals surface area contributed by atoms with Gasteiger partial charge in [0.1, 0.15) is 11.7 Å². The molecule has 5 nitrogen and oxygen atoms in total. The van der Waals surface area contributed by atoms with Gasteiger partial charge in [-0.25, -0.2) is 4.79 Å². The zero-order chi connectivity index (χ0) is 23.1. The zero-order valence-electron chi connectivity index (χ0n) is 18.6. The summed E-state index contributed by atoms with van der Waals surface area (Å²) in [5, 5.41) is 4.13. The second-order valence-electron chi connectivity index (χ2n) is 8.11. The average Bonchev–Trinajstić information content (AvgIpc) is 2.87. The number of ether oxygens (including phenoxy) is 3. The first kappa shape index (κ1) is 23.5. The van der Waals surface area contributed by atoms with Crippen molar-refractivity contribution in [3.05, 3.63) is 106 Å². The van der Waals surface area contributed by atoms with Gasteiger partial charge < -0.3 is 19.5 Å². The molecule has 1 aliphatic heterocycles. The number of hydrogen-bond donors (Lipinski definition) is 1. The van der Waals surface area contributed by atoms with Crippen LogP contribution in [0.4, 0.5) is 0 Å². The first-order valence-electron chi connectivity index (χ1n) is 11.0. The summed E-state index contributed by atoms with van der Waals surface area (Å²) in [4.78, 5) is 11.7. The van der Waals surface area contributed by atoms with E-state index in [1.54, 1.807) is 12.1 Å². The summed E-state index contributed by atoms with van der Waals surface area (Å²) in [7, 11) is 1.38. The van der Waals surface area contributed by atoms with E-state index in [1.807, 2.05) is 54.6 Å². The SMILES string of the molecule is COC(=O)c1ccc(CO[C@H]2CNCC[C@]2(OCc2ccccc2)c2ccc(Cl)cc2)cc1. The van der Waals surface area contributed by atoms with E-state index in [0.717, 1.165) is 29.7 Å². The summed E-state index contributed by atoms with van der Waals surface area (Å²) in [5.74, 6) is -0.352. The third-order valence-electron chi connectivity index (χ3n) is 6.02. The maximum Gasteiger partial charge on any atom is 0.337 e. The average molecular weight is 466 g/mol. The molecule has 0 bridgehead atoms. The first-order valence-corrected chi connectivity index (χ1v) is 11.4. The van der Waals surface area contributed by atoms with Crippen molar-refractivity contribution < 1.29 is 19.0 Å². The summed E-state index contributed by atoms with van der Waals surface area (Å²) in [5.41, 5.74) is 3.04. The molecule has 0 amide bonds. The van der Waals surface area contributed by atoms with E-state index in [0.29, 0.717) is 30.3 Å². The maximum atomic E-state index is 11.7. The van der Waals surface area contributed by atoms with Crippen LogP contribution < -0.4 is 5.32 Å². The lowest BCUT2D eigenvalue weighted by molar-refractivity contribution is -0.176. The molecule has 1 N–H and O–H groups in total. The molecular formula is C27H28ClNO4. The Kier molecular flexibility index (Phi) is 7.78. The minimum atomic E-state index is -0.613. The lowest BCUT2D eigenvalue weighted by Gasteiger charge is -2.44. The van der Waals surface area contributed by atoms with Crippen LogP contribution in [0.25, 0.3) is 0 Å². The van der Waals surface area contributed by atoms with Crippen LogP contribution in [-0.4, -0.2) is 32.3 Å². The molecule has 0 aromatic heterocycles. The van der Waals surface area contributed by atoms with E-state index in [2.05, 4.69) is 17.4 Å². The molecule has 6 heteroatoms. The predicted molar refractivity (Wildman–Crippen MR) is 128 cm³/mol. The normalized spacial score (nSPS) is 20.4. The Morgan fingerprint density at radius 2 is 1.67 bits per heavy atom. The smallest absolute Gasteiger partial charge is 0.337 e. The fraction of sp³-hybridized carbons (Fsp3) is 0.296. The quantitative estimate of drug-likeness (QED) is 0.468. The molecule has 4 rings (SSSR count). The number of carbonyl (C=O) groups is 1. The van der Waals surface area contributed by atoms with E-state index < -0.39 is 5.60 Å². The largest absolute Gasteiger partial charge is 0.465 e. The molecule has 172 valence electrons. The van der Waals surface area contributed by atoms with E-state index in [1.165, 1.54) is 7.11 Å². The third-order valence-corrected chi connectivity index (χ3v) is 6.27.